The predicted molar refractivity (Wildman–Crippen MR) is 139 cm³/mol. The molecular formula is C29H26N4O2. The van der Waals surface area contributed by atoms with Gasteiger partial charge in [0.25, 0.3) is 0 Å². The highest BCUT2D eigenvalue weighted by atomic mass is 16.5. The van der Waals surface area contributed by atoms with Crippen molar-refractivity contribution in [3.63, 3.8) is 0 Å². The van der Waals surface area contributed by atoms with E-state index >= 15 is 0 Å². The van der Waals surface area contributed by atoms with E-state index < -0.39 is 0 Å². The van der Waals surface area contributed by atoms with Crippen LogP contribution < -0.4 is 10.4 Å². The number of H-pyrrole nitrogens is 1. The molecule has 2 N–H and O–H groups in total. The molecular weight excluding hydrogens is 436 g/mol. The average Bonchev–Trinajstić information content (AvgIpc) is 3.44. The van der Waals surface area contributed by atoms with E-state index in [9.17, 15) is 5.11 Å². The van der Waals surface area contributed by atoms with Crippen LogP contribution in [0.15, 0.2) is 83.0 Å². The van der Waals surface area contributed by atoms with Crippen LogP contribution in [-0.2, 0) is 11.3 Å². The molecule has 4 aromatic rings. The SMILES string of the molecule is Oc1[nH]c2ccccc2c1C=c1ccc2c(c1)N=NC=2/C=C/c1ccc(CN2CCOCC2)cc1. The number of para-hydroxylation sites is 1. The lowest BCUT2D eigenvalue weighted by Gasteiger charge is -2.26. The van der Waals surface area contributed by atoms with Crippen molar-refractivity contribution in [2.75, 3.05) is 26.3 Å². The molecule has 2 aliphatic heterocycles. The van der Waals surface area contributed by atoms with Gasteiger partial charge in [-0.1, -0.05) is 54.6 Å². The third-order valence-electron chi connectivity index (χ3n) is 6.52. The monoisotopic (exact) mass is 462 g/mol. The number of azo groups is 1. The minimum absolute atomic E-state index is 0.166. The van der Waals surface area contributed by atoms with E-state index in [4.69, 9.17) is 4.74 Å². The highest BCUT2D eigenvalue weighted by Gasteiger charge is 2.11. The summed E-state index contributed by atoms with van der Waals surface area (Å²) in [4.78, 5) is 5.45. The molecule has 6 heteroatoms. The Kier molecular flexibility index (Phi) is 5.74. The van der Waals surface area contributed by atoms with Gasteiger partial charge < -0.3 is 14.8 Å². The van der Waals surface area contributed by atoms with Crippen molar-refractivity contribution in [3.05, 3.63) is 99.9 Å². The van der Waals surface area contributed by atoms with Gasteiger partial charge in [-0.05, 0) is 46.7 Å². The van der Waals surface area contributed by atoms with Crippen LogP contribution in [0.3, 0.4) is 0 Å². The highest BCUT2D eigenvalue weighted by Crippen LogP contribution is 2.27. The summed E-state index contributed by atoms with van der Waals surface area (Å²) in [5, 5.41) is 22.1. The van der Waals surface area contributed by atoms with E-state index in [0.717, 1.165) is 76.7 Å². The maximum absolute atomic E-state index is 10.4. The number of benzene rings is 3. The van der Waals surface area contributed by atoms with Gasteiger partial charge in [-0.25, -0.2) is 0 Å². The van der Waals surface area contributed by atoms with Crippen LogP contribution >= 0.6 is 0 Å². The summed E-state index contributed by atoms with van der Waals surface area (Å²) < 4.78 is 5.43. The minimum atomic E-state index is 0.166. The van der Waals surface area contributed by atoms with Crippen LogP contribution in [0.1, 0.15) is 16.7 Å². The summed E-state index contributed by atoms with van der Waals surface area (Å²) in [5.74, 6) is 0.166. The Labute approximate surface area is 203 Å². The van der Waals surface area contributed by atoms with Crippen molar-refractivity contribution in [1.29, 1.82) is 0 Å². The van der Waals surface area contributed by atoms with E-state index in [-0.39, 0.29) is 5.88 Å². The molecule has 35 heavy (non-hydrogen) atoms. The number of nitrogens with zero attached hydrogens (tertiary/aromatic N) is 3. The molecule has 1 saturated heterocycles. The fourth-order valence-corrected chi connectivity index (χ4v) is 4.61. The number of aromatic nitrogens is 1. The molecule has 6 rings (SSSR count). The highest BCUT2D eigenvalue weighted by molar-refractivity contribution is 5.91. The van der Waals surface area contributed by atoms with E-state index in [1.165, 1.54) is 5.56 Å². The zero-order valence-corrected chi connectivity index (χ0v) is 19.3. The average molecular weight is 463 g/mol. The van der Waals surface area contributed by atoms with Crippen molar-refractivity contribution in [2.24, 2.45) is 10.2 Å². The smallest absolute Gasteiger partial charge is 0.196 e. The molecule has 1 aromatic heterocycles. The number of aromatic amines is 1. The molecule has 3 heterocycles. The third-order valence-corrected chi connectivity index (χ3v) is 6.52. The fraction of sp³-hybridized carbons (Fsp3) is 0.172. The molecule has 0 unspecified atom stereocenters. The Balaban J connectivity index is 1.22. The molecule has 6 nitrogen and oxygen atoms in total. The summed E-state index contributed by atoms with van der Waals surface area (Å²) in [5.41, 5.74) is 5.81. The fourth-order valence-electron chi connectivity index (χ4n) is 4.61. The third kappa shape index (κ3) is 4.54. The van der Waals surface area contributed by atoms with Gasteiger partial charge in [0, 0.05) is 41.3 Å². The van der Waals surface area contributed by atoms with Crippen molar-refractivity contribution >= 4 is 34.4 Å². The summed E-state index contributed by atoms with van der Waals surface area (Å²) in [6.45, 7) is 4.59. The first-order valence-electron chi connectivity index (χ1n) is 11.9. The largest absolute Gasteiger partial charge is 0.494 e. The number of rotatable bonds is 5. The summed E-state index contributed by atoms with van der Waals surface area (Å²) in [7, 11) is 0. The second-order valence-electron chi connectivity index (χ2n) is 8.90. The molecule has 0 amide bonds. The Bertz CT molecular complexity index is 1560. The van der Waals surface area contributed by atoms with Gasteiger partial charge >= 0.3 is 0 Å². The molecule has 0 bridgehead atoms. The molecule has 0 atom stereocenters. The normalized spacial score (nSPS) is 16.6. The lowest BCUT2D eigenvalue weighted by atomic mass is 10.1. The Morgan fingerprint density at radius 3 is 2.63 bits per heavy atom. The number of aromatic hydroxyl groups is 1. The Hall–Kier alpha value is -4.00. The van der Waals surface area contributed by atoms with Crippen LogP contribution in [0.2, 0.25) is 0 Å². The summed E-state index contributed by atoms with van der Waals surface area (Å²) in [6, 6.07) is 22.6. The van der Waals surface area contributed by atoms with Crippen LogP contribution in [0, 0.1) is 0 Å². The lowest BCUT2D eigenvalue weighted by Crippen LogP contribution is -2.35. The van der Waals surface area contributed by atoms with Gasteiger partial charge in [-0.3, -0.25) is 4.90 Å². The van der Waals surface area contributed by atoms with Gasteiger partial charge in [0.15, 0.2) is 5.88 Å². The van der Waals surface area contributed by atoms with Gasteiger partial charge in [0.05, 0.1) is 24.6 Å². The van der Waals surface area contributed by atoms with Gasteiger partial charge in [-0.15, -0.1) is 10.2 Å². The molecule has 0 radical (unpaired) electrons. The van der Waals surface area contributed by atoms with Gasteiger partial charge in [0.2, 0.25) is 0 Å². The first-order valence-corrected chi connectivity index (χ1v) is 11.9. The van der Waals surface area contributed by atoms with Gasteiger partial charge in [-0.2, -0.15) is 0 Å². The molecule has 1 fully saturated rings. The number of fused-ring (bicyclic) bond motifs is 2. The van der Waals surface area contributed by atoms with E-state index in [2.05, 4.69) is 50.5 Å². The molecule has 0 aliphatic carbocycles. The van der Waals surface area contributed by atoms with Crippen molar-refractivity contribution in [1.82, 2.24) is 9.88 Å². The molecule has 0 saturated carbocycles. The van der Waals surface area contributed by atoms with Crippen LogP contribution in [-0.4, -0.2) is 41.3 Å². The van der Waals surface area contributed by atoms with E-state index in [1.807, 2.05) is 54.6 Å². The molecule has 3 aromatic carbocycles. The van der Waals surface area contributed by atoms with Gasteiger partial charge in [0.1, 0.15) is 0 Å². The minimum Gasteiger partial charge on any atom is -0.494 e. The molecule has 0 spiro atoms. The Morgan fingerprint density at radius 1 is 0.943 bits per heavy atom. The molecule has 174 valence electrons. The first-order chi connectivity index (χ1) is 17.2. The number of morpholine rings is 1. The van der Waals surface area contributed by atoms with Crippen LogP contribution in [0.25, 0.3) is 28.8 Å². The number of hydrogen-bond acceptors (Lipinski definition) is 5. The van der Waals surface area contributed by atoms with Crippen molar-refractivity contribution in [2.45, 2.75) is 6.54 Å². The zero-order chi connectivity index (χ0) is 23.6. The number of nitrogens with one attached hydrogen (secondary N) is 1. The molecule has 2 aliphatic rings. The second kappa shape index (κ2) is 9.33. The quantitative estimate of drug-likeness (QED) is 0.460. The topological polar surface area (TPSA) is 73.2 Å². The van der Waals surface area contributed by atoms with Crippen LogP contribution in [0.5, 0.6) is 5.88 Å². The van der Waals surface area contributed by atoms with E-state index in [1.54, 1.807) is 0 Å². The maximum Gasteiger partial charge on any atom is 0.196 e. The standard InChI is InChI=1S/C29H26N4O2/c34-29-25(23-3-1-2-4-26(23)30-29)17-22-9-11-24-27(31-32-28(24)18-22)12-10-20-5-7-21(8-6-20)19-33-13-15-35-16-14-33/h1-12,17-18,30,34H,13-16,19H2/b12-10+,22-17?. The zero-order valence-electron chi connectivity index (χ0n) is 19.3. The van der Waals surface area contributed by atoms with Crippen molar-refractivity contribution in [3.8, 4) is 5.88 Å². The summed E-state index contributed by atoms with van der Waals surface area (Å²) in [6.07, 6.45) is 6.06. The predicted octanol–water partition coefficient (Wildman–Crippen LogP) is 4.45. The van der Waals surface area contributed by atoms with Crippen molar-refractivity contribution < 1.29 is 9.84 Å². The van der Waals surface area contributed by atoms with Crippen LogP contribution in [0.4, 0.5) is 5.69 Å². The second-order valence-corrected chi connectivity index (χ2v) is 8.90. The Morgan fingerprint density at radius 2 is 1.77 bits per heavy atom. The lowest BCUT2D eigenvalue weighted by molar-refractivity contribution is 0.0342. The summed E-state index contributed by atoms with van der Waals surface area (Å²) >= 11 is 0. The maximum atomic E-state index is 10.4. The number of ether oxygens (including phenoxy) is 1. The first kappa shape index (κ1) is 21.5. The number of hydrogen-bond donors (Lipinski definition) is 2. The van der Waals surface area contributed by atoms with E-state index in [0.29, 0.717) is 0 Å².